The van der Waals surface area contributed by atoms with Crippen molar-refractivity contribution in [2.45, 2.75) is 19.8 Å². The van der Waals surface area contributed by atoms with Gasteiger partial charge in [0, 0.05) is 34.8 Å². The molecule has 1 aliphatic heterocycles. The van der Waals surface area contributed by atoms with Crippen LogP contribution < -0.4 is 9.64 Å². The summed E-state index contributed by atoms with van der Waals surface area (Å²) in [5.41, 5.74) is 2.67. The minimum absolute atomic E-state index is 0.0192. The molecule has 0 aromatic heterocycles. The number of rotatable bonds is 5. The maximum Gasteiger partial charge on any atom is 0.269 e. The number of allylic oxidation sites excluding steroid dienone is 7. The van der Waals surface area contributed by atoms with Crippen LogP contribution in [0, 0.1) is 33.8 Å². The molecular weight excluding hydrogens is 540 g/mol. The van der Waals surface area contributed by atoms with Crippen molar-refractivity contribution in [2.24, 2.45) is 23.7 Å². The highest BCUT2D eigenvalue weighted by Crippen LogP contribution is 2.53. The van der Waals surface area contributed by atoms with Crippen LogP contribution in [-0.2, 0) is 19.2 Å². The molecule has 0 spiro atoms. The van der Waals surface area contributed by atoms with Gasteiger partial charge in [-0.05, 0) is 61.6 Å². The van der Waals surface area contributed by atoms with Crippen molar-refractivity contribution in [1.29, 1.82) is 0 Å². The van der Waals surface area contributed by atoms with Crippen LogP contribution in [-0.4, -0.2) is 40.5 Å². The molecule has 0 bridgehead atoms. The number of non-ortho nitro benzene ring substituents is 1. The van der Waals surface area contributed by atoms with Gasteiger partial charge in [0.05, 0.1) is 29.6 Å². The maximum atomic E-state index is 13.9. The lowest BCUT2D eigenvalue weighted by molar-refractivity contribution is -0.384. The minimum atomic E-state index is -0.749. The zero-order valence-electron chi connectivity index (χ0n) is 22.8. The number of carbonyl (C=O) groups excluding carboxylic acids is 4. The van der Waals surface area contributed by atoms with Crippen molar-refractivity contribution < 1.29 is 33.9 Å². The van der Waals surface area contributed by atoms with Crippen LogP contribution >= 0.6 is 0 Å². The Morgan fingerprint density at radius 3 is 2.48 bits per heavy atom. The van der Waals surface area contributed by atoms with Gasteiger partial charge in [0.1, 0.15) is 0 Å². The average Bonchev–Trinajstić information content (AvgIpc) is 3.24. The SMILES string of the molecule is COc1cc(C=C[C@H]2C3=CC[C@@H]4C(=O)N(c5ccc([N+](=O)[O-])cc5)C(=O)[C@@H]4[C@@H]3CC3=C2C(=O)C(C)=CC3=O)ccc1O. The van der Waals surface area contributed by atoms with E-state index in [0.717, 1.165) is 10.5 Å². The molecule has 212 valence electrons. The molecule has 4 atom stereocenters. The summed E-state index contributed by atoms with van der Waals surface area (Å²) < 4.78 is 5.21. The van der Waals surface area contributed by atoms with Crippen LogP contribution in [0.1, 0.15) is 25.3 Å². The molecule has 42 heavy (non-hydrogen) atoms. The molecule has 1 saturated heterocycles. The molecule has 0 saturated carbocycles. The molecule has 0 radical (unpaired) electrons. The molecule has 6 rings (SSSR count). The largest absolute Gasteiger partial charge is 0.504 e. The number of imide groups is 1. The van der Waals surface area contributed by atoms with Gasteiger partial charge in [-0.25, -0.2) is 0 Å². The number of ketones is 2. The Balaban J connectivity index is 1.40. The number of hydrogen-bond acceptors (Lipinski definition) is 8. The Morgan fingerprint density at radius 2 is 1.79 bits per heavy atom. The van der Waals surface area contributed by atoms with Gasteiger partial charge < -0.3 is 9.84 Å². The lowest BCUT2D eigenvalue weighted by Crippen LogP contribution is -2.40. The summed E-state index contributed by atoms with van der Waals surface area (Å²) in [5.74, 6) is -3.56. The van der Waals surface area contributed by atoms with E-state index in [2.05, 4.69) is 0 Å². The number of hydrogen-bond donors (Lipinski definition) is 1. The number of ether oxygens (including phenoxy) is 1. The van der Waals surface area contributed by atoms with Crippen LogP contribution in [0.5, 0.6) is 11.5 Å². The van der Waals surface area contributed by atoms with E-state index < -0.39 is 34.5 Å². The second kappa shape index (κ2) is 10.1. The van der Waals surface area contributed by atoms with E-state index in [-0.39, 0.29) is 53.2 Å². The number of phenols is 1. The molecule has 2 aromatic carbocycles. The van der Waals surface area contributed by atoms with Crippen LogP contribution in [0.3, 0.4) is 0 Å². The summed E-state index contributed by atoms with van der Waals surface area (Å²) in [5, 5.41) is 21.1. The summed E-state index contributed by atoms with van der Waals surface area (Å²) in [6, 6.07) is 10.1. The van der Waals surface area contributed by atoms with E-state index in [0.29, 0.717) is 22.3 Å². The first kappa shape index (κ1) is 27.1. The highest BCUT2D eigenvalue weighted by atomic mass is 16.6. The zero-order chi connectivity index (χ0) is 29.9. The molecule has 1 heterocycles. The van der Waals surface area contributed by atoms with Crippen molar-refractivity contribution >= 4 is 40.8 Å². The molecule has 10 nitrogen and oxygen atoms in total. The van der Waals surface area contributed by atoms with Crippen molar-refractivity contribution in [1.82, 2.24) is 0 Å². The van der Waals surface area contributed by atoms with E-state index in [1.807, 2.05) is 12.2 Å². The standard InChI is InChI=1S/C32H26N2O8/c1-16-13-26(36)24-15-23-20(21(28(24)30(16)37)9-3-17-4-12-25(35)27(14-17)42-2)10-11-22-29(23)32(39)33(31(22)38)18-5-7-19(8-6-18)34(40)41/h3-10,12-14,21-23,29,35H,11,15H2,1-2H3/t21-,22-,23+,29-/m0/s1. The second-order valence-electron chi connectivity index (χ2n) is 10.8. The fraction of sp³-hybridized carbons (Fsp3) is 0.250. The van der Waals surface area contributed by atoms with Crippen molar-refractivity contribution in [3.8, 4) is 11.5 Å². The van der Waals surface area contributed by atoms with Crippen molar-refractivity contribution in [3.05, 3.63) is 98.7 Å². The number of phenolic OH excluding ortho intramolecular Hbond substituents is 1. The Hall–Kier alpha value is -5.12. The quantitative estimate of drug-likeness (QED) is 0.183. The number of anilines is 1. The number of carbonyl (C=O) groups is 4. The first-order chi connectivity index (χ1) is 20.1. The number of nitro benzene ring substituents is 1. The Bertz CT molecular complexity index is 1710. The van der Waals surface area contributed by atoms with Crippen molar-refractivity contribution in [2.75, 3.05) is 12.0 Å². The highest BCUT2D eigenvalue weighted by molar-refractivity contribution is 6.24. The van der Waals surface area contributed by atoms with Crippen LogP contribution in [0.15, 0.2) is 83.0 Å². The van der Waals surface area contributed by atoms with Gasteiger partial charge in [-0.1, -0.05) is 29.9 Å². The van der Waals surface area contributed by atoms with E-state index in [1.54, 1.807) is 25.1 Å². The van der Waals surface area contributed by atoms with Gasteiger partial charge in [-0.2, -0.15) is 0 Å². The van der Waals surface area contributed by atoms with E-state index in [9.17, 15) is 34.4 Å². The molecule has 3 aliphatic carbocycles. The number of methoxy groups -OCH3 is 1. The molecule has 2 amide bonds. The number of amides is 2. The third-order valence-corrected chi connectivity index (χ3v) is 8.62. The summed E-state index contributed by atoms with van der Waals surface area (Å²) in [6.45, 7) is 1.61. The molecular formula is C32H26N2O8. The number of aromatic hydroxyl groups is 1. The molecule has 10 heteroatoms. The Morgan fingerprint density at radius 1 is 1.05 bits per heavy atom. The molecule has 1 fully saturated rings. The number of fused-ring (bicyclic) bond motifs is 3. The monoisotopic (exact) mass is 566 g/mol. The van der Waals surface area contributed by atoms with Crippen molar-refractivity contribution in [3.63, 3.8) is 0 Å². The molecule has 0 unspecified atom stereocenters. The number of benzene rings is 2. The fourth-order valence-electron chi connectivity index (χ4n) is 6.62. The predicted molar refractivity (Wildman–Crippen MR) is 151 cm³/mol. The topological polar surface area (TPSA) is 144 Å². The highest BCUT2D eigenvalue weighted by Gasteiger charge is 2.56. The smallest absolute Gasteiger partial charge is 0.269 e. The number of Topliss-reactive ketones (excluding diaryl/α,β-unsaturated/α-hetero) is 1. The van der Waals surface area contributed by atoms with E-state index >= 15 is 0 Å². The Labute approximate surface area is 240 Å². The fourth-order valence-corrected chi connectivity index (χ4v) is 6.62. The molecule has 2 aromatic rings. The first-order valence-electron chi connectivity index (χ1n) is 13.5. The third-order valence-electron chi connectivity index (χ3n) is 8.62. The average molecular weight is 567 g/mol. The van der Waals surface area contributed by atoms with Gasteiger partial charge in [-0.15, -0.1) is 0 Å². The maximum absolute atomic E-state index is 13.9. The number of nitro groups is 1. The lowest BCUT2D eigenvalue weighted by Gasteiger charge is -2.41. The lowest BCUT2D eigenvalue weighted by atomic mass is 9.60. The molecule has 1 N–H and O–H groups in total. The first-order valence-corrected chi connectivity index (χ1v) is 13.5. The van der Waals surface area contributed by atoms with Gasteiger partial charge in [0.2, 0.25) is 11.8 Å². The van der Waals surface area contributed by atoms with Crippen LogP contribution in [0.25, 0.3) is 6.08 Å². The summed E-state index contributed by atoms with van der Waals surface area (Å²) >= 11 is 0. The Kier molecular flexibility index (Phi) is 6.48. The normalized spacial score (nSPS) is 25.2. The summed E-state index contributed by atoms with van der Waals surface area (Å²) in [6.07, 6.45) is 7.27. The zero-order valence-corrected chi connectivity index (χ0v) is 22.8. The van der Waals surface area contributed by atoms with E-state index in [1.165, 1.54) is 43.5 Å². The third kappa shape index (κ3) is 4.18. The predicted octanol–water partition coefficient (Wildman–Crippen LogP) is 4.49. The number of nitrogens with zero attached hydrogens (tertiary/aromatic N) is 2. The summed E-state index contributed by atoms with van der Waals surface area (Å²) in [7, 11) is 1.44. The van der Waals surface area contributed by atoms with Gasteiger partial charge in [-0.3, -0.25) is 34.2 Å². The van der Waals surface area contributed by atoms with Crippen LogP contribution in [0.4, 0.5) is 11.4 Å². The summed E-state index contributed by atoms with van der Waals surface area (Å²) in [4.78, 5) is 65.7. The van der Waals surface area contributed by atoms with Gasteiger partial charge >= 0.3 is 0 Å². The van der Waals surface area contributed by atoms with E-state index in [4.69, 9.17) is 4.74 Å². The second-order valence-corrected chi connectivity index (χ2v) is 10.8. The minimum Gasteiger partial charge on any atom is -0.504 e. The van der Waals surface area contributed by atoms with Crippen LogP contribution in [0.2, 0.25) is 0 Å². The van der Waals surface area contributed by atoms with Gasteiger partial charge in [0.25, 0.3) is 5.69 Å². The van der Waals surface area contributed by atoms with Gasteiger partial charge in [0.15, 0.2) is 23.1 Å². The molecule has 4 aliphatic rings.